The van der Waals surface area contributed by atoms with E-state index in [-0.39, 0.29) is 18.5 Å². The van der Waals surface area contributed by atoms with Gasteiger partial charge in [0, 0.05) is 17.6 Å². The number of hydrogen-bond donors (Lipinski definition) is 3. The first-order valence-electron chi connectivity index (χ1n) is 5.76. The van der Waals surface area contributed by atoms with Gasteiger partial charge in [-0.2, -0.15) is 0 Å². The molecule has 6 nitrogen and oxygen atoms in total. The number of aromatic nitrogens is 1. The molecule has 0 saturated carbocycles. The lowest BCUT2D eigenvalue weighted by molar-refractivity contribution is -0.137. The van der Waals surface area contributed by atoms with E-state index < -0.39 is 5.97 Å². The van der Waals surface area contributed by atoms with E-state index in [0.717, 1.165) is 11.4 Å². The molecule has 7 heteroatoms. The molecular weight excluding hydrogens is 254 g/mol. The van der Waals surface area contributed by atoms with Gasteiger partial charge in [0.15, 0.2) is 0 Å². The van der Waals surface area contributed by atoms with E-state index in [0.29, 0.717) is 13.0 Å². The molecule has 0 aliphatic rings. The van der Waals surface area contributed by atoms with Crippen LogP contribution in [0.25, 0.3) is 0 Å². The molecule has 0 aliphatic carbocycles. The van der Waals surface area contributed by atoms with Crippen LogP contribution in [-0.2, 0) is 11.3 Å². The lowest BCUT2D eigenvalue weighted by Gasteiger charge is -2.16. The van der Waals surface area contributed by atoms with Gasteiger partial charge in [-0.3, -0.25) is 4.79 Å². The number of nitrogens with zero attached hydrogens (tertiary/aromatic N) is 1. The van der Waals surface area contributed by atoms with Crippen molar-refractivity contribution in [2.75, 3.05) is 0 Å². The maximum atomic E-state index is 11.6. The molecule has 2 amide bonds. The summed E-state index contributed by atoms with van der Waals surface area (Å²) >= 11 is 1.46. The first-order valence-corrected chi connectivity index (χ1v) is 6.64. The lowest BCUT2D eigenvalue weighted by Crippen LogP contribution is -2.42. The normalized spacial score (nSPS) is 11.8. The zero-order chi connectivity index (χ0) is 13.4. The number of amides is 2. The van der Waals surface area contributed by atoms with Crippen LogP contribution in [0.3, 0.4) is 0 Å². The second-order valence-corrected chi connectivity index (χ2v) is 4.82. The van der Waals surface area contributed by atoms with E-state index in [1.54, 1.807) is 6.20 Å². The summed E-state index contributed by atoms with van der Waals surface area (Å²) in [7, 11) is 0. The molecule has 0 bridgehead atoms. The summed E-state index contributed by atoms with van der Waals surface area (Å²) in [6.07, 6.45) is 3.09. The average molecular weight is 271 g/mol. The molecule has 0 fully saturated rings. The van der Waals surface area contributed by atoms with Crippen LogP contribution >= 0.6 is 11.3 Å². The number of thiazole rings is 1. The average Bonchev–Trinajstić information content (AvgIpc) is 2.78. The van der Waals surface area contributed by atoms with E-state index in [2.05, 4.69) is 15.6 Å². The smallest absolute Gasteiger partial charge is 0.315 e. The Bertz CT molecular complexity index is 381. The summed E-state index contributed by atoms with van der Waals surface area (Å²) in [6, 6.07) is -0.686. The largest absolute Gasteiger partial charge is 0.481 e. The molecule has 18 heavy (non-hydrogen) atoms. The van der Waals surface area contributed by atoms with Crippen molar-refractivity contribution in [2.24, 2.45) is 0 Å². The monoisotopic (exact) mass is 271 g/mol. The van der Waals surface area contributed by atoms with Gasteiger partial charge in [-0.15, -0.1) is 11.3 Å². The second kappa shape index (κ2) is 7.65. The summed E-state index contributed by atoms with van der Waals surface area (Å²) in [4.78, 5) is 26.2. The van der Waals surface area contributed by atoms with Gasteiger partial charge in [-0.25, -0.2) is 9.78 Å². The highest BCUT2D eigenvalue weighted by Crippen LogP contribution is 2.04. The maximum absolute atomic E-state index is 11.6. The highest BCUT2D eigenvalue weighted by molar-refractivity contribution is 7.09. The Labute approximate surface area is 109 Å². The third-order valence-corrected chi connectivity index (χ3v) is 3.06. The summed E-state index contributed by atoms with van der Waals surface area (Å²) in [5, 5.41) is 16.7. The molecule has 0 radical (unpaired) electrons. The van der Waals surface area contributed by atoms with Crippen molar-refractivity contribution < 1.29 is 14.7 Å². The summed E-state index contributed by atoms with van der Waals surface area (Å²) in [6.45, 7) is 2.30. The van der Waals surface area contributed by atoms with Gasteiger partial charge in [0.2, 0.25) is 0 Å². The topological polar surface area (TPSA) is 91.3 Å². The Morgan fingerprint density at radius 1 is 1.56 bits per heavy atom. The van der Waals surface area contributed by atoms with Crippen LogP contribution in [0.2, 0.25) is 0 Å². The lowest BCUT2D eigenvalue weighted by atomic mass is 10.1. The molecule has 1 aromatic heterocycles. The Balaban J connectivity index is 2.33. The molecule has 1 rings (SSSR count). The third-order valence-electron chi connectivity index (χ3n) is 2.28. The van der Waals surface area contributed by atoms with E-state index in [1.165, 1.54) is 11.3 Å². The Morgan fingerprint density at radius 3 is 2.89 bits per heavy atom. The molecule has 1 heterocycles. The minimum atomic E-state index is -0.909. The first-order chi connectivity index (χ1) is 8.61. The minimum absolute atomic E-state index is 0.0570. The predicted molar refractivity (Wildman–Crippen MR) is 68.4 cm³/mol. The number of carboxylic acid groups (broad SMARTS) is 1. The van der Waals surface area contributed by atoms with Crippen LogP contribution in [0.5, 0.6) is 0 Å². The highest BCUT2D eigenvalue weighted by atomic mass is 32.1. The van der Waals surface area contributed by atoms with Gasteiger partial charge in [-0.05, 0) is 6.42 Å². The first kappa shape index (κ1) is 14.4. The number of rotatable bonds is 7. The number of aliphatic carboxylic acids is 1. The predicted octanol–water partition coefficient (Wildman–Crippen LogP) is 1.59. The van der Waals surface area contributed by atoms with Crippen molar-refractivity contribution in [3.63, 3.8) is 0 Å². The van der Waals surface area contributed by atoms with Crippen LogP contribution in [0.4, 0.5) is 4.79 Å². The van der Waals surface area contributed by atoms with Crippen LogP contribution in [0, 0.1) is 0 Å². The van der Waals surface area contributed by atoms with E-state index in [9.17, 15) is 9.59 Å². The van der Waals surface area contributed by atoms with Crippen molar-refractivity contribution >= 4 is 23.3 Å². The molecule has 1 aromatic rings. The van der Waals surface area contributed by atoms with Crippen LogP contribution < -0.4 is 10.6 Å². The molecule has 3 N–H and O–H groups in total. The molecule has 0 spiro atoms. The van der Waals surface area contributed by atoms with Crippen molar-refractivity contribution in [2.45, 2.75) is 38.8 Å². The maximum Gasteiger partial charge on any atom is 0.315 e. The standard InChI is InChI=1S/C11H17N3O3S/c1-2-3-8(6-10(15)16)14-11(17)13-7-9-12-4-5-18-9/h4-5,8H,2-3,6-7H2,1H3,(H,15,16)(H2,13,14,17). The fourth-order valence-electron chi connectivity index (χ4n) is 1.52. The van der Waals surface area contributed by atoms with E-state index in [1.807, 2.05) is 12.3 Å². The van der Waals surface area contributed by atoms with Crippen molar-refractivity contribution in [3.05, 3.63) is 16.6 Å². The third kappa shape index (κ3) is 5.62. The molecule has 1 atom stereocenters. The van der Waals surface area contributed by atoms with Gasteiger partial charge >= 0.3 is 12.0 Å². The fourth-order valence-corrected chi connectivity index (χ4v) is 2.07. The van der Waals surface area contributed by atoms with Crippen LogP contribution in [-0.4, -0.2) is 28.1 Å². The number of carbonyl (C=O) groups is 2. The molecular formula is C11H17N3O3S. The Kier molecular flexibility index (Phi) is 6.13. The molecule has 0 saturated heterocycles. The van der Waals surface area contributed by atoms with Crippen LogP contribution in [0.15, 0.2) is 11.6 Å². The van der Waals surface area contributed by atoms with Crippen molar-refractivity contribution in [3.8, 4) is 0 Å². The number of urea groups is 1. The quantitative estimate of drug-likeness (QED) is 0.702. The van der Waals surface area contributed by atoms with Gasteiger partial charge in [-0.1, -0.05) is 13.3 Å². The SMILES string of the molecule is CCCC(CC(=O)O)NC(=O)NCc1nccs1. The zero-order valence-corrected chi connectivity index (χ0v) is 11.0. The molecule has 1 unspecified atom stereocenters. The van der Waals surface area contributed by atoms with Gasteiger partial charge in [0.05, 0.1) is 13.0 Å². The molecule has 0 aromatic carbocycles. The second-order valence-electron chi connectivity index (χ2n) is 3.84. The van der Waals surface area contributed by atoms with Crippen molar-refractivity contribution in [1.82, 2.24) is 15.6 Å². The highest BCUT2D eigenvalue weighted by Gasteiger charge is 2.14. The minimum Gasteiger partial charge on any atom is -0.481 e. The number of carbonyl (C=O) groups excluding carboxylic acids is 1. The summed E-state index contributed by atoms with van der Waals surface area (Å²) in [5.41, 5.74) is 0. The molecule has 100 valence electrons. The Morgan fingerprint density at radius 2 is 2.33 bits per heavy atom. The van der Waals surface area contributed by atoms with Crippen molar-refractivity contribution in [1.29, 1.82) is 0 Å². The number of nitrogens with one attached hydrogen (secondary N) is 2. The van der Waals surface area contributed by atoms with E-state index in [4.69, 9.17) is 5.11 Å². The number of hydrogen-bond acceptors (Lipinski definition) is 4. The van der Waals surface area contributed by atoms with Gasteiger partial charge in [0.25, 0.3) is 0 Å². The van der Waals surface area contributed by atoms with Gasteiger partial charge in [0.1, 0.15) is 5.01 Å². The summed E-state index contributed by atoms with van der Waals surface area (Å²) < 4.78 is 0. The number of carboxylic acids is 1. The van der Waals surface area contributed by atoms with Crippen LogP contribution in [0.1, 0.15) is 31.2 Å². The zero-order valence-electron chi connectivity index (χ0n) is 10.2. The summed E-state index contributed by atoms with van der Waals surface area (Å²) in [5.74, 6) is -0.909. The van der Waals surface area contributed by atoms with Gasteiger partial charge < -0.3 is 15.7 Å². The van der Waals surface area contributed by atoms with E-state index >= 15 is 0 Å². The molecule has 0 aliphatic heterocycles. The fraction of sp³-hybridized carbons (Fsp3) is 0.545. The Hall–Kier alpha value is -1.63.